The van der Waals surface area contributed by atoms with Crippen LogP contribution in [0.4, 0.5) is 0 Å². The highest BCUT2D eigenvalue weighted by atomic mass is 16.5. The van der Waals surface area contributed by atoms with Gasteiger partial charge in [0.05, 0.1) is 7.11 Å². The molecule has 0 spiro atoms. The summed E-state index contributed by atoms with van der Waals surface area (Å²) in [5, 5.41) is 0. The van der Waals surface area contributed by atoms with Gasteiger partial charge in [-0.3, -0.25) is 4.79 Å². The monoisotopic (exact) mass is 455 g/mol. The van der Waals surface area contributed by atoms with Gasteiger partial charge in [-0.05, 0) is 75.0 Å². The second-order valence-corrected chi connectivity index (χ2v) is 9.62. The predicted molar refractivity (Wildman–Crippen MR) is 139 cm³/mol. The summed E-state index contributed by atoms with van der Waals surface area (Å²) in [6.45, 7) is 5.94. The number of Topliss-reactive ketones (excluding diaryl/α,β-unsaturated/α-hetero) is 1. The molecule has 2 aromatic rings. The topological polar surface area (TPSA) is 29.5 Å². The molecule has 1 heterocycles. The van der Waals surface area contributed by atoms with Crippen LogP contribution in [0.15, 0.2) is 54.1 Å². The molecule has 3 heteroatoms. The van der Waals surface area contributed by atoms with E-state index in [0.717, 1.165) is 48.4 Å². The number of hydrogen-bond acceptors (Lipinski definition) is 3. The van der Waals surface area contributed by atoms with E-state index in [-0.39, 0.29) is 5.78 Å². The zero-order valence-corrected chi connectivity index (χ0v) is 20.7. The maximum absolute atomic E-state index is 13.4. The number of ether oxygens (including phenoxy) is 1. The van der Waals surface area contributed by atoms with Gasteiger partial charge in [0.15, 0.2) is 11.5 Å². The maximum Gasteiger partial charge on any atom is 0.193 e. The van der Waals surface area contributed by atoms with Gasteiger partial charge in [-0.25, -0.2) is 0 Å². The van der Waals surface area contributed by atoms with Crippen molar-refractivity contribution < 1.29 is 9.53 Å². The lowest BCUT2D eigenvalue weighted by molar-refractivity contribution is 0.105. The molecule has 0 unspecified atom stereocenters. The van der Waals surface area contributed by atoms with Crippen molar-refractivity contribution in [2.45, 2.75) is 58.3 Å². The molecule has 0 saturated carbocycles. The van der Waals surface area contributed by atoms with Crippen LogP contribution in [-0.2, 0) is 6.42 Å². The summed E-state index contributed by atoms with van der Waals surface area (Å²) in [7, 11) is 1.66. The Labute approximate surface area is 205 Å². The van der Waals surface area contributed by atoms with Crippen molar-refractivity contribution in [3.05, 3.63) is 82.9 Å². The van der Waals surface area contributed by atoms with Crippen molar-refractivity contribution >= 4 is 11.4 Å². The second kappa shape index (κ2) is 12.0. The third-order valence-electron chi connectivity index (χ3n) is 7.25. The summed E-state index contributed by atoms with van der Waals surface area (Å²) in [6, 6.07) is 17.5. The minimum atomic E-state index is 0.0417. The Bertz CT molecular complexity index is 1010. The summed E-state index contributed by atoms with van der Waals surface area (Å²) in [5.74, 6) is 1.66. The zero-order chi connectivity index (χ0) is 23.8. The van der Waals surface area contributed by atoms with E-state index in [4.69, 9.17) is 4.74 Å². The van der Waals surface area contributed by atoms with Crippen LogP contribution in [0.3, 0.4) is 0 Å². The number of hydrogen-bond donors (Lipinski definition) is 0. The third kappa shape index (κ3) is 5.99. The smallest absolute Gasteiger partial charge is 0.193 e. The molecule has 34 heavy (non-hydrogen) atoms. The van der Waals surface area contributed by atoms with Crippen molar-refractivity contribution in [1.29, 1.82) is 0 Å². The number of benzene rings is 1. The average Bonchev–Trinajstić information content (AvgIpc) is 2.90. The molecule has 0 aromatic heterocycles. The molecule has 4 rings (SSSR count). The molecule has 0 radical (unpaired) electrons. The standard InChI is InChI=1S/C31H37NO2/c1-3-4-11-24-17-20-32(21-18-24)19-9-8-12-25-22-28-27(15-10-16-30(28)34-2)29(23-25)31(33)26-13-6-5-7-14-26/h5-7,12-15,23-24H,3-4,8-9,11,17-22H2,1-2H3/b25-12-. The molecular weight excluding hydrogens is 418 g/mol. The second-order valence-electron chi connectivity index (χ2n) is 9.62. The Morgan fingerprint density at radius 3 is 2.71 bits per heavy atom. The van der Waals surface area contributed by atoms with E-state index in [9.17, 15) is 4.79 Å². The first-order chi connectivity index (χ1) is 16.7. The molecule has 2 aliphatic rings. The summed E-state index contributed by atoms with van der Waals surface area (Å²) < 4.78 is 5.57. The first kappa shape index (κ1) is 24.3. The average molecular weight is 456 g/mol. The van der Waals surface area contributed by atoms with Crippen LogP contribution in [0, 0.1) is 18.1 Å². The van der Waals surface area contributed by atoms with Crippen molar-refractivity contribution in [3.8, 4) is 5.75 Å². The molecule has 0 bridgehead atoms. The zero-order valence-electron chi connectivity index (χ0n) is 20.7. The number of ketones is 1. The molecule has 2 aromatic carbocycles. The minimum absolute atomic E-state index is 0.0417. The van der Waals surface area contributed by atoms with Crippen LogP contribution in [0.2, 0.25) is 0 Å². The molecule has 0 amide bonds. The molecule has 1 aliphatic heterocycles. The number of allylic oxidation sites excluding steroid dienone is 4. The lowest BCUT2D eigenvalue weighted by Gasteiger charge is -2.31. The van der Waals surface area contributed by atoms with E-state index < -0.39 is 0 Å². The van der Waals surface area contributed by atoms with Gasteiger partial charge < -0.3 is 9.64 Å². The van der Waals surface area contributed by atoms with Gasteiger partial charge in [-0.1, -0.05) is 68.7 Å². The largest absolute Gasteiger partial charge is 0.488 e. The summed E-state index contributed by atoms with van der Waals surface area (Å²) in [6.07, 6.45) is 14.1. The SMILES string of the molecule is CCCCC1CCN(CCC/C=C2\C=C(C(=O)c3ccccc3)c3cc#cc(OC)c3C2)CC1. The quantitative estimate of drug-likeness (QED) is 0.294. The molecule has 0 atom stereocenters. The number of carbonyl (C=O) groups excluding carboxylic acids is 1. The van der Waals surface area contributed by atoms with Gasteiger partial charge >= 0.3 is 0 Å². The molecule has 1 fully saturated rings. The van der Waals surface area contributed by atoms with Crippen LogP contribution in [0.25, 0.3) is 5.57 Å². The fourth-order valence-electron chi connectivity index (χ4n) is 5.22. The van der Waals surface area contributed by atoms with Crippen molar-refractivity contribution in [2.24, 2.45) is 5.92 Å². The first-order valence-electron chi connectivity index (χ1n) is 12.9. The first-order valence-corrected chi connectivity index (χ1v) is 12.9. The molecule has 3 nitrogen and oxygen atoms in total. The number of methoxy groups -OCH3 is 1. The highest BCUT2D eigenvalue weighted by Crippen LogP contribution is 2.35. The third-order valence-corrected chi connectivity index (χ3v) is 7.25. The Hall–Kier alpha value is -2.83. The molecular formula is C31H37NO2. The lowest BCUT2D eigenvalue weighted by Crippen LogP contribution is -2.34. The Balaban J connectivity index is 1.42. The summed E-state index contributed by atoms with van der Waals surface area (Å²) in [5.41, 5.74) is 4.55. The summed E-state index contributed by atoms with van der Waals surface area (Å²) in [4.78, 5) is 16.0. The van der Waals surface area contributed by atoms with Gasteiger partial charge in [0.25, 0.3) is 0 Å². The number of rotatable bonds is 10. The van der Waals surface area contributed by atoms with Gasteiger partial charge in [-0.15, -0.1) is 0 Å². The van der Waals surface area contributed by atoms with Crippen LogP contribution >= 0.6 is 0 Å². The predicted octanol–water partition coefficient (Wildman–Crippen LogP) is 6.73. The van der Waals surface area contributed by atoms with Crippen molar-refractivity contribution in [1.82, 2.24) is 4.90 Å². The number of carbonyl (C=O) groups is 1. The van der Waals surface area contributed by atoms with Crippen LogP contribution in [-0.4, -0.2) is 37.4 Å². The summed E-state index contributed by atoms with van der Waals surface area (Å²) >= 11 is 0. The van der Waals surface area contributed by atoms with Gasteiger partial charge in [0, 0.05) is 28.7 Å². The Morgan fingerprint density at radius 2 is 1.97 bits per heavy atom. The van der Waals surface area contributed by atoms with E-state index in [0.29, 0.717) is 11.3 Å². The van der Waals surface area contributed by atoms with Gasteiger partial charge in [0.1, 0.15) is 0 Å². The number of unbranched alkanes of at least 4 members (excludes halogenated alkanes) is 2. The minimum Gasteiger partial charge on any atom is -0.488 e. The number of piperidine rings is 1. The van der Waals surface area contributed by atoms with Crippen molar-refractivity contribution in [3.63, 3.8) is 0 Å². The molecule has 1 aliphatic carbocycles. The van der Waals surface area contributed by atoms with Crippen molar-refractivity contribution in [2.75, 3.05) is 26.7 Å². The van der Waals surface area contributed by atoms with Crippen LogP contribution in [0.1, 0.15) is 73.4 Å². The number of likely N-dealkylation sites (tertiary alicyclic amines) is 1. The van der Waals surface area contributed by atoms with Crippen LogP contribution in [0.5, 0.6) is 5.75 Å². The van der Waals surface area contributed by atoms with Crippen LogP contribution < -0.4 is 4.74 Å². The number of nitrogens with zero attached hydrogens (tertiary/aromatic N) is 1. The normalized spacial score (nSPS) is 17.7. The van der Waals surface area contributed by atoms with E-state index in [1.807, 2.05) is 36.4 Å². The maximum atomic E-state index is 13.4. The molecule has 0 N–H and O–H groups in total. The van der Waals surface area contributed by atoms with E-state index in [2.05, 4.69) is 36.1 Å². The lowest BCUT2D eigenvalue weighted by atomic mass is 9.84. The van der Waals surface area contributed by atoms with Gasteiger partial charge in [-0.2, -0.15) is 0 Å². The Kier molecular flexibility index (Phi) is 8.61. The van der Waals surface area contributed by atoms with E-state index in [1.54, 1.807) is 7.11 Å². The highest BCUT2D eigenvalue weighted by molar-refractivity contribution is 6.30. The molecule has 178 valence electrons. The highest BCUT2D eigenvalue weighted by Gasteiger charge is 2.24. The fourth-order valence-corrected chi connectivity index (χ4v) is 5.22. The van der Waals surface area contributed by atoms with Gasteiger partial charge in [0.2, 0.25) is 0 Å². The fraction of sp³-hybridized carbons (Fsp3) is 0.452. The number of fused-ring (bicyclic) bond motifs is 1. The van der Waals surface area contributed by atoms with E-state index in [1.165, 1.54) is 50.8 Å². The Morgan fingerprint density at radius 1 is 1.18 bits per heavy atom. The van der Waals surface area contributed by atoms with E-state index >= 15 is 0 Å². The molecule has 1 saturated heterocycles.